The molecule has 108 valence electrons. The van der Waals surface area contributed by atoms with E-state index in [4.69, 9.17) is 5.73 Å². The quantitative estimate of drug-likeness (QED) is 0.660. The molecule has 0 heterocycles. The number of anilines is 1. The van der Waals surface area contributed by atoms with Gasteiger partial charge in [-0.15, -0.1) is 0 Å². The first kappa shape index (κ1) is 15.3. The summed E-state index contributed by atoms with van der Waals surface area (Å²) >= 11 is 3.33. The molecular formula is C16H15BrN2O2. The zero-order valence-electron chi connectivity index (χ0n) is 11.5. The predicted octanol–water partition coefficient (Wildman–Crippen LogP) is 2.55. The van der Waals surface area contributed by atoms with E-state index in [9.17, 15) is 9.59 Å². The summed E-state index contributed by atoms with van der Waals surface area (Å²) in [5.74, 6) is -0.298. The van der Waals surface area contributed by atoms with Gasteiger partial charge in [0.05, 0.1) is 6.42 Å². The third-order valence-electron chi connectivity index (χ3n) is 3.18. The topological polar surface area (TPSA) is 72.2 Å². The summed E-state index contributed by atoms with van der Waals surface area (Å²) in [4.78, 5) is 24.0. The molecule has 2 aromatic rings. The number of nitrogen functional groups attached to an aromatic ring is 1. The molecule has 0 atom stereocenters. The number of halogens is 1. The third-order valence-corrected chi connectivity index (χ3v) is 3.71. The summed E-state index contributed by atoms with van der Waals surface area (Å²) in [6.07, 6.45) is 0.157. The first-order valence-electron chi connectivity index (χ1n) is 6.41. The molecule has 0 unspecified atom stereocenters. The number of amides is 1. The van der Waals surface area contributed by atoms with Crippen LogP contribution in [0.4, 0.5) is 5.69 Å². The van der Waals surface area contributed by atoms with Crippen LogP contribution in [-0.4, -0.2) is 18.7 Å². The van der Waals surface area contributed by atoms with E-state index in [-0.39, 0.29) is 18.1 Å². The average molecular weight is 347 g/mol. The van der Waals surface area contributed by atoms with Crippen LogP contribution in [-0.2, 0) is 11.2 Å². The average Bonchev–Trinajstić information content (AvgIpc) is 2.49. The minimum atomic E-state index is -0.154. The molecule has 3 N–H and O–H groups in total. The van der Waals surface area contributed by atoms with E-state index in [1.807, 2.05) is 0 Å². The minimum Gasteiger partial charge on any atom is -0.398 e. The molecule has 0 aliphatic carbocycles. The molecule has 0 saturated heterocycles. The second-order valence-electron chi connectivity index (χ2n) is 4.56. The number of rotatable bonds is 4. The number of likely N-dealkylation sites (N-methyl/N-ethyl adjacent to an activating group) is 1. The maximum atomic E-state index is 12.5. The smallest absolute Gasteiger partial charge is 0.224 e. The van der Waals surface area contributed by atoms with Crippen LogP contribution in [0.2, 0.25) is 0 Å². The lowest BCUT2D eigenvalue weighted by Crippen LogP contribution is -2.21. The van der Waals surface area contributed by atoms with Crippen molar-refractivity contribution in [1.29, 1.82) is 0 Å². The van der Waals surface area contributed by atoms with E-state index in [0.717, 1.165) is 4.47 Å². The Bertz CT molecular complexity index is 681. The highest BCUT2D eigenvalue weighted by molar-refractivity contribution is 9.10. The van der Waals surface area contributed by atoms with Gasteiger partial charge in [-0.3, -0.25) is 9.59 Å². The Morgan fingerprint density at radius 1 is 1.14 bits per heavy atom. The Morgan fingerprint density at radius 2 is 1.81 bits per heavy atom. The highest BCUT2D eigenvalue weighted by atomic mass is 79.9. The van der Waals surface area contributed by atoms with Crippen LogP contribution >= 0.6 is 15.9 Å². The lowest BCUT2D eigenvalue weighted by molar-refractivity contribution is -0.119. The summed E-state index contributed by atoms with van der Waals surface area (Å²) in [7, 11) is 1.56. The van der Waals surface area contributed by atoms with Gasteiger partial charge in [0.1, 0.15) is 0 Å². The molecule has 4 nitrogen and oxygen atoms in total. The Hall–Kier alpha value is -2.14. The Kier molecular flexibility index (Phi) is 4.75. The zero-order chi connectivity index (χ0) is 15.4. The van der Waals surface area contributed by atoms with E-state index in [2.05, 4.69) is 21.2 Å². The van der Waals surface area contributed by atoms with Crippen molar-refractivity contribution >= 4 is 33.3 Å². The predicted molar refractivity (Wildman–Crippen MR) is 86.2 cm³/mol. The Labute approximate surface area is 131 Å². The Morgan fingerprint density at radius 3 is 2.43 bits per heavy atom. The van der Waals surface area contributed by atoms with E-state index < -0.39 is 0 Å². The summed E-state index contributed by atoms with van der Waals surface area (Å²) in [5, 5.41) is 2.54. The largest absolute Gasteiger partial charge is 0.398 e. The maximum Gasteiger partial charge on any atom is 0.224 e. The fraction of sp³-hybridized carbons (Fsp3) is 0.125. The van der Waals surface area contributed by atoms with Crippen molar-refractivity contribution in [3.05, 3.63) is 63.6 Å². The number of hydrogen-bond donors (Lipinski definition) is 2. The number of para-hydroxylation sites is 1. The molecule has 0 aliphatic heterocycles. The molecule has 0 spiro atoms. The molecule has 0 saturated carbocycles. The summed E-state index contributed by atoms with van der Waals surface area (Å²) in [5.41, 5.74) is 8.02. The molecule has 0 bridgehead atoms. The van der Waals surface area contributed by atoms with Crippen molar-refractivity contribution in [2.24, 2.45) is 0 Å². The molecule has 2 rings (SSSR count). The van der Waals surface area contributed by atoms with Crippen molar-refractivity contribution in [2.45, 2.75) is 6.42 Å². The van der Waals surface area contributed by atoms with Crippen molar-refractivity contribution in [2.75, 3.05) is 12.8 Å². The molecule has 0 fully saturated rings. The number of nitrogens with one attached hydrogen (secondary N) is 1. The highest BCUT2D eigenvalue weighted by Crippen LogP contribution is 2.22. The van der Waals surface area contributed by atoms with Crippen LogP contribution in [0.1, 0.15) is 21.5 Å². The van der Waals surface area contributed by atoms with Gasteiger partial charge in [0.2, 0.25) is 5.91 Å². The van der Waals surface area contributed by atoms with E-state index in [1.165, 1.54) is 0 Å². The molecule has 0 aliphatic rings. The zero-order valence-corrected chi connectivity index (χ0v) is 13.1. The Balaban J connectivity index is 2.35. The van der Waals surface area contributed by atoms with Gasteiger partial charge >= 0.3 is 0 Å². The van der Waals surface area contributed by atoms with Gasteiger partial charge in [-0.05, 0) is 35.9 Å². The van der Waals surface area contributed by atoms with E-state index in [0.29, 0.717) is 22.4 Å². The third kappa shape index (κ3) is 3.49. The lowest BCUT2D eigenvalue weighted by atomic mass is 9.97. The number of carbonyl (C=O) groups excluding carboxylic acids is 2. The van der Waals surface area contributed by atoms with E-state index >= 15 is 0 Å². The molecule has 0 aromatic heterocycles. The van der Waals surface area contributed by atoms with Crippen molar-refractivity contribution in [1.82, 2.24) is 5.32 Å². The SMILES string of the molecule is CNC(=O)Cc1cccc(C(=O)c2ccc(Br)cc2)c1N. The maximum absolute atomic E-state index is 12.5. The second-order valence-corrected chi connectivity index (χ2v) is 5.48. The molecule has 2 aromatic carbocycles. The molecular weight excluding hydrogens is 332 g/mol. The van der Waals surface area contributed by atoms with Crippen molar-refractivity contribution in [3.63, 3.8) is 0 Å². The number of hydrogen-bond acceptors (Lipinski definition) is 3. The van der Waals surface area contributed by atoms with Crippen molar-refractivity contribution in [3.8, 4) is 0 Å². The molecule has 1 amide bonds. The standard InChI is InChI=1S/C16H15BrN2O2/c1-19-14(20)9-11-3-2-4-13(15(11)18)16(21)10-5-7-12(17)8-6-10/h2-8H,9,18H2,1H3,(H,19,20). The van der Waals surface area contributed by atoms with Gasteiger partial charge in [0, 0.05) is 28.3 Å². The second kappa shape index (κ2) is 6.54. The van der Waals surface area contributed by atoms with Gasteiger partial charge in [-0.2, -0.15) is 0 Å². The first-order chi connectivity index (χ1) is 10.0. The van der Waals surface area contributed by atoms with Crippen LogP contribution in [0, 0.1) is 0 Å². The van der Waals surface area contributed by atoms with Gasteiger partial charge < -0.3 is 11.1 Å². The minimum absolute atomic E-state index is 0.144. The van der Waals surface area contributed by atoms with Crippen LogP contribution in [0.5, 0.6) is 0 Å². The summed E-state index contributed by atoms with van der Waals surface area (Å²) in [6, 6.07) is 12.2. The van der Waals surface area contributed by atoms with Crippen LogP contribution < -0.4 is 11.1 Å². The fourth-order valence-corrected chi connectivity index (χ4v) is 2.25. The van der Waals surface area contributed by atoms with Gasteiger partial charge in [-0.1, -0.05) is 28.1 Å². The van der Waals surface area contributed by atoms with Crippen LogP contribution in [0.15, 0.2) is 46.9 Å². The van der Waals surface area contributed by atoms with Gasteiger partial charge in [0.15, 0.2) is 5.78 Å². The summed E-state index contributed by atoms with van der Waals surface area (Å²) < 4.78 is 0.903. The highest BCUT2D eigenvalue weighted by Gasteiger charge is 2.15. The fourth-order valence-electron chi connectivity index (χ4n) is 1.98. The van der Waals surface area contributed by atoms with Crippen LogP contribution in [0.25, 0.3) is 0 Å². The monoisotopic (exact) mass is 346 g/mol. The molecule has 5 heteroatoms. The normalized spacial score (nSPS) is 10.2. The number of benzene rings is 2. The first-order valence-corrected chi connectivity index (χ1v) is 7.20. The van der Waals surface area contributed by atoms with Crippen LogP contribution in [0.3, 0.4) is 0 Å². The van der Waals surface area contributed by atoms with Gasteiger partial charge in [-0.25, -0.2) is 0 Å². The summed E-state index contributed by atoms with van der Waals surface area (Å²) in [6.45, 7) is 0. The van der Waals surface area contributed by atoms with E-state index in [1.54, 1.807) is 49.5 Å². The molecule has 0 radical (unpaired) electrons. The van der Waals surface area contributed by atoms with Crippen molar-refractivity contribution < 1.29 is 9.59 Å². The van der Waals surface area contributed by atoms with Gasteiger partial charge in [0.25, 0.3) is 0 Å². The molecule has 21 heavy (non-hydrogen) atoms. The lowest BCUT2D eigenvalue weighted by Gasteiger charge is -2.10. The number of ketones is 1. The number of carbonyl (C=O) groups is 2. The number of nitrogens with two attached hydrogens (primary N) is 1.